The molecule has 0 bridgehead atoms. The molecule has 3 nitrogen and oxygen atoms in total. The molecular weight excluding hydrogens is 326 g/mol. The van der Waals surface area contributed by atoms with E-state index >= 15 is 0 Å². The van der Waals surface area contributed by atoms with Crippen molar-refractivity contribution in [2.75, 3.05) is 5.32 Å². The molecular formula is C21H25N3S. The summed E-state index contributed by atoms with van der Waals surface area (Å²) in [5, 5.41) is 4.99. The molecule has 0 spiro atoms. The smallest absolute Gasteiger partial charge is 0.139 e. The lowest BCUT2D eigenvalue weighted by atomic mass is 9.95. The molecule has 2 heterocycles. The molecule has 1 aliphatic rings. The monoisotopic (exact) mass is 351 g/mol. The Labute approximate surface area is 153 Å². The molecule has 0 atom stereocenters. The zero-order valence-corrected chi connectivity index (χ0v) is 15.8. The number of benzene rings is 1. The van der Waals surface area contributed by atoms with E-state index in [0.29, 0.717) is 6.04 Å². The summed E-state index contributed by atoms with van der Waals surface area (Å²) in [5.41, 5.74) is 2.58. The number of rotatable bonds is 4. The number of nitrogens with zero attached hydrogens (tertiary/aromatic N) is 2. The van der Waals surface area contributed by atoms with E-state index in [1.54, 1.807) is 11.3 Å². The highest BCUT2D eigenvalue weighted by Gasteiger charge is 2.19. The highest BCUT2D eigenvalue weighted by atomic mass is 32.1. The van der Waals surface area contributed by atoms with Crippen LogP contribution in [0.5, 0.6) is 0 Å². The molecule has 1 aromatic carbocycles. The maximum Gasteiger partial charge on any atom is 0.139 e. The Balaban J connectivity index is 1.72. The van der Waals surface area contributed by atoms with Crippen molar-refractivity contribution < 1.29 is 0 Å². The van der Waals surface area contributed by atoms with Gasteiger partial charge in [-0.25, -0.2) is 9.97 Å². The van der Waals surface area contributed by atoms with Crippen LogP contribution in [0.4, 0.5) is 5.82 Å². The molecule has 2 aromatic heterocycles. The summed E-state index contributed by atoms with van der Waals surface area (Å²) in [6, 6.07) is 11.0. The van der Waals surface area contributed by atoms with E-state index in [0.717, 1.165) is 22.9 Å². The van der Waals surface area contributed by atoms with Crippen molar-refractivity contribution >= 4 is 27.4 Å². The van der Waals surface area contributed by atoms with Crippen molar-refractivity contribution in [2.45, 2.75) is 58.4 Å². The van der Waals surface area contributed by atoms with Gasteiger partial charge in [-0.3, -0.25) is 0 Å². The quantitative estimate of drug-likeness (QED) is 0.660. The first kappa shape index (κ1) is 16.5. The first-order valence-electron chi connectivity index (χ1n) is 9.28. The predicted molar refractivity (Wildman–Crippen MR) is 107 cm³/mol. The summed E-state index contributed by atoms with van der Waals surface area (Å²) in [6.07, 6.45) is 7.30. The second-order valence-corrected chi connectivity index (χ2v) is 8.30. The molecule has 0 radical (unpaired) electrons. The van der Waals surface area contributed by atoms with Gasteiger partial charge in [0.15, 0.2) is 0 Å². The van der Waals surface area contributed by atoms with Crippen LogP contribution in [0.1, 0.15) is 53.9 Å². The summed E-state index contributed by atoms with van der Waals surface area (Å²) in [5.74, 6) is 1.96. The van der Waals surface area contributed by atoms with Crippen LogP contribution < -0.4 is 5.32 Å². The molecule has 0 saturated heterocycles. The normalized spacial score (nSPS) is 15.6. The third-order valence-corrected chi connectivity index (χ3v) is 6.33. The van der Waals surface area contributed by atoms with Crippen molar-refractivity contribution in [1.82, 2.24) is 9.97 Å². The Hall–Kier alpha value is -1.94. The average Bonchev–Trinajstić information content (AvgIpc) is 2.91. The summed E-state index contributed by atoms with van der Waals surface area (Å²) in [6.45, 7) is 4.38. The minimum atomic E-state index is 0.552. The lowest BCUT2D eigenvalue weighted by molar-refractivity contribution is 0.462. The van der Waals surface area contributed by atoms with Gasteiger partial charge in [0.1, 0.15) is 16.5 Å². The molecule has 1 N–H and O–H groups in total. The third kappa shape index (κ3) is 3.54. The van der Waals surface area contributed by atoms with Crippen LogP contribution in [0.15, 0.2) is 30.3 Å². The lowest BCUT2D eigenvalue weighted by Gasteiger charge is -2.24. The van der Waals surface area contributed by atoms with Crippen LogP contribution in [-0.4, -0.2) is 16.0 Å². The van der Waals surface area contributed by atoms with E-state index in [-0.39, 0.29) is 0 Å². The van der Waals surface area contributed by atoms with Crippen LogP contribution in [0.25, 0.3) is 10.2 Å². The van der Waals surface area contributed by atoms with Crippen molar-refractivity contribution in [3.05, 3.63) is 52.2 Å². The van der Waals surface area contributed by atoms with Gasteiger partial charge in [0.25, 0.3) is 0 Å². The standard InChI is InChI=1S/C21H25N3S/c1-14-15(2)25-21-19(14)20(22-17-11-7-4-8-12-17)23-18(24-21)13-16-9-5-3-6-10-16/h3,5-6,9-10,17H,4,7-8,11-13H2,1-2H3,(H,22,23,24). The summed E-state index contributed by atoms with van der Waals surface area (Å²) in [7, 11) is 0. The largest absolute Gasteiger partial charge is 0.367 e. The maximum atomic E-state index is 4.95. The predicted octanol–water partition coefficient (Wildman–Crippen LogP) is 5.64. The van der Waals surface area contributed by atoms with E-state index in [1.165, 1.54) is 53.5 Å². The fourth-order valence-corrected chi connectivity index (χ4v) is 4.74. The van der Waals surface area contributed by atoms with E-state index in [2.05, 4.69) is 49.5 Å². The number of fused-ring (bicyclic) bond motifs is 1. The average molecular weight is 352 g/mol. The molecule has 1 fully saturated rings. The number of hydrogen-bond acceptors (Lipinski definition) is 4. The number of aromatic nitrogens is 2. The van der Waals surface area contributed by atoms with Gasteiger partial charge in [0, 0.05) is 17.3 Å². The van der Waals surface area contributed by atoms with Crippen molar-refractivity contribution in [3.63, 3.8) is 0 Å². The Bertz CT molecular complexity index is 864. The molecule has 4 heteroatoms. The van der Waals surface area contributed by atoms with Crippen LogP contribution in [-0.2, 0) is 6.42 Å². The van der Waals surface area contributed by atoms with Gasteiger partial charge < -0.3 is 5.32 Å². The minimum absolute atomic E-state index is 0.552. The first-order valence-corrected chi connectivity index (χ1v) is 10.1. The number of aryl methyl sites for hydroxylation is 2. The van der Waals surface area contributed by atoms with Crippen molar-refractivity contribution in [3.8, 4) is 0 Å². The molecule has 25 heavy (non-hydrogen) atoms. The van der Waals surface area contributed by atoms with Crippen LogP contribution >= 0.6 is 11.3 Å². The second-order valence-electron chi connectivity index (χ2n) is 7.09. The summed E-state index contributed by atoms with van der Waals surface area (Å²) < 4.78 is 0. The van der Waals surface area contributed by atoms with Gasteiger partial charge in [-0.1, -0.05) is 49.6 Å². The van der Waals surface area contributed by atoms with Gasteiger partial charge in [-0.2, -0.15) is 0 Å². The Morgan fingerprint density at radius 1 is 1.04 bits per heavy atom. The number of hydrogen-bond donors (Lipinski definition) is 1. The van der Waals surface area contributed by atoms with Crippen LogP contribution in [0, 0.1) is 13.8 Å². The van der Waals surface area contributed by atoms with E-state index in [9.17, 15) is 0 Å². The van der Waals surface area contributed by atoms with Gasteiger partial charge in [-0.15, -0.1) is 11.3 Å². The molecule has 1 aliphatic carbocycles. The SMILES string of the molecule is Cc1sc2nc(Cc3ccccc3)nc(NC3CCCCC3)c2c1C. The van der Waals surface area contributed by atoms with Crippen LogP contribution in [0.3, 0.4) is 0 Å². The van der Waals surface area contributed by atoms with Gasteiger partial charge in [-0.05, 0) is 37.8 Å². The molecule has 1 saturated carbocycles. The highest BCUT2D eigenvalue weighted by Crippen LogP contribution is 2.34. The molecule has 3 aromatic rings. The molecule has 0 aliphatic heterocycles. The second kappa shape index (κ2) is 7.12. The zero-order chi connectivity index (χ0) is 17.2. The maximum absolute atomic E-state index is 4.95. The van der Waals surface area contributed by atoms with Gasteiger partial charge in [0.2, 0.25) is 0 Å². The topological polar surface area (TPSA) is 37.8 Å². The lowest BCUT2D eigenvalue weighted by Crippen LogP contribution is -2.23. The van der Waals surface area contributed by atoms with Gasteiger partial charge >= 0.3 is 0 Å². The number of anilines is 1. The first-order chi connectivity index (χ1) is 12.2. The number of nitrogens with one attached hydrogen (secondary N) is 1. The van der Waals surface area contributed by atoms with Crippen molar-refractivity contribution in [1.29, 1.82) is 0 Å². The van der Waals surface area contributed by atoms with E-state index in [4.69, 9.17) is 9.97 Å². The minimum Gasteiger partial charge on any atom is -0.367 e. The highest BCUT2D eigenvalue weighted by molar-refractivity contribution is 7.18. The zero-order valence-electron chi connectivity index (χ0n) is 15.0. The Morgan fingerprint density at radius 3 is 2.56 bits per heavy atom. The molecule has 4 rings (SSSR count). The summed E-state index contributed by atoms with van der Waals surface area (Å²) in [4.78, 5) is 12.3. The molecule has 0 amide bonds. The Morgan fingerprint density at radius 2 is 1.80 bits per heavy atom. The Kier molecular flexibility index (Phi) is 4.71. The van der Waals surface area contributed by atoms with Crippen LogP contribution in [0.2, 0.25) is 0 Å². The van der Waals surface area contributed by atoms with Crippen molar-refractivity contribution in [2.24, 2.45) is 0 Å². The van der Waals surface area contributed by atoms with E-state index < -0.39 is 0 Å². The third-order valence-electron chi connectivity index (χ3n) is 5.23. The number of thiophene rings is 1. The fraction of sp³-hybridized carbons (Fsp3) is 0.429. The summed E-state index contributed by atoms with van der Waals surface area (Å²) >= 11 is 1.79. The fourth-order valence-electron chi connectivity index (χ4n) is 3.70. The van der Waals surface area contributed by atoms with E-state index in [1.807, 2.05) is 0 Å². The molecule has 130 valence electrons. The molecule has 0 unspecified atom stereocenters. The van der Waals surface area contributed by atoms with Gasteiger partial charge in [0.05, 0.1) is 5.39 Å².